The number of aliphatic hydroxyl groups excluding tert-OH is 1. The van der Waals surface area contributed by atoms with Crippen LogP contribution in [0.4, 0.5) is 0 Å². The lowest BCUT2D eigenvalue weighted by atomic mass is 9.72. The minimum atomic E-state index is -0.341. The number of benzene rings is 2. The van der Waals surface area contributed by atoms with Gasteiger partial charge in [0.2, 0.25) is 5.91 Å². The molecule has 26 heavy (non-hydrogen) atoms. The van der Waals surface area contributed by atoms with E-state index < -0.39 is 0 Å². The van der Waals surface area contributed by atoms with Crippen molar-refractivity contribution in [3.8, 4) is 0 Å². The molecule has 1 heterocycles. The van der Waals surface area contributed by atoms with Crippen LogP contribution in [0.15, 0.2) is 54.6 Å². The number of rotatable bonds is 4. The highest BCUT2D eigenvalue weighted by molar-refractivity contribution is 5.77. The van der Waals surface area contributed by atoms with Crippen molar-refractivity contribution in [2.45, 2.75) is 37.4 Å². The molecule has 1 aliphatic carbocycles. The molecule has 1 atom stereocenters. The molecule has 1 fully saturated rings. The highest BCUT2D eigenvalue weighted by Gasteiger charge is 2.47. The van der Waals surface area contributed by atoms with E-state index in [2.05, 4.69) is 12.1 Å². The van der Waals surface area contributed by atoms with Crippen LogP contribution in [-0.4, -0.2) is 41.7 Å². The van der Waals surface area contributed by atoms with E-state index in [0.29, 0.717) is 19.7 Å². The molecule has 4 nitrogen and oxygen atoms in total. The van der Waals surface area contributed by atoms with E-state index in [-0.39, 0.29) is 24.0 Å². The lowest BCUT2D eigenvalue weighted by molar-refractivity contribution is -0.138. The number of carbonyl (C=O) groups is 1. The molecule has 0 unspecified atom stereocenters. The Morgan fingerprint density at radius 3 is 2.54 bits per heavy atom. The number of aliphatic hydroxyl groups is 1. The molecular formula is C22H25NO3. The summed E-state index contributed by atoms with van der Waals surface area (Å²) in [7, 11) is 0. The van der Waals surface area contributed by atoms with Crippen LogP contribution in [0.5, 0.6) is 0 Å². The summed E-state index contributed by atoms with van der Waals surface area (Å²) in [6.07, 6.45) is 2.02. The first-order chi connectivity index (χ1) is 12.7. The summed E-state index contributed by atoms with van der Waals surface area (Å²) < 4.78 is 5.59. The second-order valence-corrected chi connectivity index (χ2v) is 7.39. The summed E-state index contributed by atoms with van der Waals surface area (Å²) in [4.78, 5) is 14.3. The van der Waals surface area contributed by atoms with Gasteiger partial charge < -0.3 is 14.7 Å². The van der Waals surface area contributed by atoms with Gasteiger partial charge in [-0.15, -0.1) is 0 Å². The van der Waals surface area contributed by atoms with Gasteiger partial charge >= 0.3 is 0 Å². The Kier molecular flexibility index (Phi) is 4.79. The molecule has 1 saturated heterocycles. The third kappa shape index (κ3) is 3.15. The molecule has 4 rings (SSSR count). The Morgan fingerprint density at radius 1 is 1.08 bits per heavy atom. The molecule has 0 bridgehead atoms. The third-order valence-electron chi connectivity index (χ3n) is 5.95. The van der Waals surface area contributed by atoms with Gasteiger partial charge in [-0.25, -0.2) is 0 Å². The number of likely N-dealkylation sites (tertiary alicyclic amines) is 1. The number of hydrogen-bond acceptors (Lipinski definition) is 3. The predicted molar refractivity (Wildman–Crippen MR) is 99.7 cm³/mol. The smallest absolute Gasteiger partial charge is 0.248 e. The number of hydrogen-bond donors (Lipinski definition) is 1. The Morgan fingerprint density at radius 2 is 1.77 bits per heavy atom. The van der Waals surface area contributed by atoms with Crippen LogP contribution in [0.2, 0.25) is 0 Å². The Balaban J connectivity index is 1.33. The fourth-order valence-corrected chi connectivity index (χ4v) is 4.45. The molecule has 0 radical (unpaired) electrons. The van der Waals surface area contributed by atoms with E-state index in [1.165, 1.54) is 11.1 Å². The SMILES string of the molecule is O=C(COCc1ccccc1)N1CCC2(CC1)c1ccccc1C[C@@H]2O. The van der Waals surface area contributed by atoms with Crippen molar-refractivity contribution < 1.29 is 14.6 Å². The van der Waals surface area contributed by atoms with Crippen molar-refractivity contribution in [2.75, 3.05) is 19.7 Å². The van der Waals surface area contributed by atoms with E-state index >= 15 is 0 Å². The maximum Gasteiger partial charge on any atom is 0.248 e. The van der Waals surface area contributed by atoms with Gasteiger partial charge in [0, 0.05) is 18.5 Å². The zero-order valence-electron chi connectivity index (χ0n) is 14.9. The first kappa shape index (κ1) is 17.3. The number of fused-ring (bicyclic) bond motifs is 2. The lowest BCUT2D eigenvalue weighted by Crippen LogP contribution is -2.49. The highest BCUT2D eigenvalue weighted by Crippen LogP contribution is 2.46. The second kappa shape index (κ2) is 7.22. The summed E-state index contributed by atoms with van der Waals surface area (Å²) >= 11 is 0. The van der Waals surface area contributed by atoms with Gasteiger partial charge in [-0.2, -0.15) is 0 Å². The zero-order valence-corrected chi connectivity index (χ0v) is 14.9. The molecule has 1 N–H and O–H groups in total. The van der Waals surface area contributed by atoms with Crippen molar-refractivity contribution in [3.05, 3.63) is 71.3 Å². The fraction of sp³-hybridized carbons (Fsp3) is 0.409. The van der Waals surface area contributed by atoms with Crippen molar-refractivity contribution in [3.63, 3.8) is 0 Å². The third-order valence-corrected chi connectivity index (χ3v) is 5.95. The van der Waals surface area contributed by atoms with Crippen molar-refractivity contribution in [1.82, 2.24) is 4.90 Å². The standard InChI is InChI=1S/C22H25NO3/c24-20-14-18-8-4-5-9-19(18)22(20)10-12-23(13-11-22)21(25)16-26-15-17-6-2-1-3-7-17/h1-9,20,24H,10-16H2/t20-/m0/s1. The zero-order chi connectivity index (χ0) is 18.0. The van der Waals surface area contributed by atoms with Crippen LogP contribution >= 0.6 is 0 Å². The van der Waals surface area contributed by atoms with Gasteiger partial charge in [0.1, 0.15) is 6.61 Å². The van der Waals surface area contributed by atoms with Crippen LogP contribution in [0.3, 0.4) is 0 Å². The quantitative estimate of drug-likeness (QED) is 0.921. The lowest BCUT2D eigenvalue weighted by Gasteiger charge is -2.42. The van der Waals surface area contributed by atoms with Crippen molar-refractivity contribution >= 4 is 5.91 Å². The van der Waals surface area contributed by atoms with Crippen LogP contribution in [0.25, 0.3) is 0 Å². The van der Waals surface area contributed by atoms with E-state index in [4.69, 9.17) is 4.74 Å². The predicted octanol–water partition coefficient (Wildman–Crippen LogP) is 2.68. The number of amides is 1. The van der Waals surface area contributed by atoms with Crippen molar-refractivity contribution in [1.29, 1.82) is 0 Å². The van der Waals surface area contributed by atoms with Gasteiger partial charge in [0.15, 0.2) is 0 Å². The number of piperidine rings is 1. The summed E-state index contributed by atoms with van der Waals surface area (Å²) in [5, 5.41) is 10.7. The highest BCUT2D eigenvalue weighted by atomic mass is 16.5. The Bertz CT molecular complexity index is 766. The largest absolute Gasteiger partial charge is 0.392 e. The average Bonchev–Trinajstić information content (AvgIpc) is 2.95. The Labute approximate surface area is 154 Å². The monoisotopic (exact) mass is 351 g/mol. The van der Waals surface area contributed by atoms with Gasteiger partial charge in [-0.3, -0.25) is 4.79 Å². The molecule has 136 valence electrons. The summed E-state index contributed by atoms with van der Waals surface area (Å²) in [6, 6.07) is 18.2. The summed E-state index contributed by atoms with van der Waals surface area (Å²) in [5.74, 6) is 0.0385. The normalized spacial score (nSPS) is 21.0. The molecular weight excluding hydrogens is 326 g/mol. The maximum atomic E-state index is 12.5. The number of nitrogens with zero attached hydrogens (tertiary/aromatic N) is 1. The van der Waals surface area contributed by atoms with Crippen LogP contribution < -0.4 is 0 Å². The van der Waals surface area contributed by atoms with Crippen LogP contribution in [0, 0.1) is 0 Å². The van der Waals surface area contributed by atoms with E-state index in [1.54, 1.807) is 0 Å². The average molecular weight is 351 g/mol. The van der Waals surface area contributed by atoms with Crippen LogP contribution in [-0.2, 0) is 28.0 Å². The second-order valence-electron chi connectivity index (χ2n) is 7.39. The van der Waals surface area contributed by atoms with Gasteiger partial charge in [0.25, 0.3) is 0 Å². The molecule has 2 aromatic rings. The molecule has 1 amide bonds. The maximum absolute atomic E-state index is 12.5. The summed E-state index contributed by atoms with van der Waals surface area (Å²) in [5.41, 5.74) is 3.42. The minimum absolute atomic E-state index is 0.0385. The first-order valence-corrected chi connectivity index (χ1v) is 9.35. The van der Waals surface area contributed by atoms with Crippen LogP contribution in [0.1, 0.15) is 29.5 Å². The molecule has 2 aliphatic rings. The molecule has 1 aliphatic heterocycles. The van der Waals surface area contributed by atoms with E-state index in [1.807, 2.05) is 47.4 Å². The topological polar surface area (TPSA) is 49.8 Å². The van der Waals surface area contributed by atoms with Gasteiger partial charge in [0.05, 0.1) is 12.7 Å². The number of ether oxygens (including phenoxy) is 1. The summed E-state index contributed by atoms with van der Waals surface area (Å²) in [6.45, 7) is 1.93. The van der Waals surface area contributed by atoms with E-state index in [0.717, 1.165) is 24.8 Å². The number of carbonyl (C=O) groups excluding carboxylic acids is 1. The molecule has 4 heteroatoms. The minimum Gasteiger partial charge on any atom is -0.392 e. The molecule has 0 saturated carbocycles. The van der Waals surface area contributed by atoms with Gasteiger partial charge in [-0.05, 0) is 36.0 Å². The molecule has 2 aromatic carbocycles. The molecule has 0 aromatic heterocycles. The van der Waals surface area contributed by atoms with E-state index in [9.17, 15) is 9.90 Å². The fourth-order valence-electron chi connectivity index (χ4n) is 4.45. The first-order valence-electron chi connectivity index (χ1n) is 9.35. The van der Waals surface area contributed by atoms with Gasteiger partial charge in [-0.1, -0.05) is 54.6 Å². The molecule has 1 spiro atoms. The van der Waals surface area contributed by atoms with Crippen molar-refractivity contribution in [2.24, 2.45) is 0 Å². The Hall–Kier alpha value is -2.17.